The molecule has 1 atom stereocenters. The standard InChI is InChI=1S/C11H14N2O2S/c12-8-1-5-10(6-2-8)16(15)7-11(14)13-9-3-4-9/h1-2,5-6,9H,3-4,7,12H2,(H,13,14). The van der Waals surface area contributed by atoms with E-state index in [0.29, 0.717) is 16.6 Å². The number of hydrogen-bond donors (Lipinski definition) is 2. The minimum atomic E-state index is -1.28. The number of nitrogens with two attached hydrogens (primary N) is 1. The van der Waals surface area contributed by atoms with E-state index in [-0.39, 0.29) is 11.7 Å². The van der Waals surface area contributed by atoms with Gasteiger partial charge in [-0.1, -0.05) is 0 Å². The average Bonchev–Trinajstić information content (AvgIpc) is 3.02. The Labute approximate surface area is 96.7 Å². The molecular formula is C11H14N2O2S. The second-order valence-corrected chi connectivity index (χ2v) is 5.35. The number of anilines is 1. The first kappa shape index (κ1) is 11.1. The topological polar surface area (TPSA) is 72.2 Å². The molecule has 4 nitrogen and oxygen atoms in total. The summed E-state index contributed by atoms with van der Waals surface area (Å²) in [4.78, 5) is 12.1. The number of carbonyl (C=O) groups is 1. The number of nitrogens with one attached hydrogen (secondary N) is 1. The monoisotopic (exact) mass is 238 g/mol. The number of hydrogen-bond acceptors (Lipinski definition) is 3. The van der Waals surface area contributed by atoms with E-state index in [4.69, 9.17) is 5.73 Å². The van der Waals surface area contributed by atoms with E-state index in [9.17, 15) is 9.00 Å². The molecule has 0 aromatic heterocycles. The lowest BCUT2D eigenvalue weighted by Crippen LogP contribution is -2.29. The van der Waals surface area contributed by atoms with Crippen LogP contribution in [0.5, 0.6) is 0 Å². The van der Waals surface area contributed by atoms with Crippen LogP contribution in [0.25, 0.3) is 0 Å². The van der Waals surface area contributed by atoms with E-state index < -0.39 is 10.8 Å². The number of nitrogen functional groups attached to an aromatic ring is 1. The molecule has 5 heteroatoms. The van der Waals surface area contributed by atoms with Gasteiger partial charge in [0, 0.05) is 16.6 Å². The average molecular weight is 238 g/mol. The number of amides is 1. The molecule has 1 aromatic carbocycles. The van der Waals surface area contributed by atoms with E-state index in [1.807, 2.05) is 0 Å². The first-order valence-electron chi connectivity index (χ1n) is 5.18. The van der Waals surface area contributed by atoms with E-state index >= 15 is 0 Å². The Kier molecular flexibility index (Phi) is 3.24. The molecule has 1 aliphatic carbocycles. The van der Waals surface area contributed by atoms with Gasteiger partial charge in [-0.2, -0.15) is 0 Å². The molecule has 0 aliphatic heterocycles. The van der Waals surface area contributed by atoms with Gasteiger partial charge in [-0.15, -0.1) is 0 Å². The smallest absolute Gasteiger partial charge is 0.233 e. The molecule has 0 bridgehead atoms. The molecule has 0 radical (unpaired) electrons. The van der Waals surface area contributed by atoms with Crippen LogP contribution in [0.15, 0.2) is 29.2 Å². The molecule has 1 unspecified atom stereocenters. The third kappa shape index (κ3) is 3.06. The maximum atomic E-state index is 11.8. The van der Waals surface area contributed by atoms with Gasteiger partial charge in [0.2, 0.25) is 5.91 Å². The van der Waals surface area contributed by atoms with E-state index in [2.05, 4.69) is 5.32 Å². The highest BCUT2D eigenvalue weighted by Crippen LogP contribution is 2.18. The van der Waals surface area contributed by atoms with Gasteiger partial charge in [0.1, 0.15) is 5.75 Å². The fourth-order valence-corrected chi connectivity index (χ4v) is 2.25. The summed E-state index contributed by atoms with van der Waals surface area (Å²) in [6, 6.07) is 7.07. The van der Waals surface area contributed by atoms with Crippen LogP contribution in [0.1, 0.15) is 12.8 Å². The summed E-state index contributed by atoms with van der Waals surface area (Å²) in [6.45, 7) is 0. The van der Waals surface area contributed by atoms with Crippen LogP contribution in [0.3, 0.4) is 0 Å². The third-order valence-corrected chi connectivity index (χ3v) is 3.67. The SMILES string of the molecule is Nc1ccc(S(=O)CC(=O)NC2CC2)cc1. The van der Waals surface area contributed by atoms with Crippen LogP contribution >= 0.6 is 0 Å². The summed E-state index contributed by atoms with van der Waals surface area (Å²) in [5, 5.41) is 2.81. The zero-order chi connectivity index (χ0) is 11.5. The number of carbonyl (C=O) groups excluding carboxylic acids is 1. The fraction of sp³-hybridized carbons (Fsp3) is 0.364. The number of benzene rings is 1. The Morgan fingerprint density at radius 2 is 2.00 bits per heavy atom. The highest BCUT2D eigenvalue weighted by molar-refractivity contribution is 7.85. The summed E-state index contributed by atoms with van der Waals surface area (Å²) < 4.78 is 11.8. The zero-order valence-electron chi connectivity index (χ0n) is 8.81. The van der Waals surface area contributed by atoms with Gasteiger partial charge in [0.05, 0.1) is 10.8 Å². The van der Waals surface area contributed by atoms with Crippen molar-refractivity contribution in [3.8, 4) is 0 Å². The van der Waals surface area contributed by atoms with Crippen LogP contribution in [0.2, 0.25) is 0 Å². The van der Waals surface area contributed by atoms with Crippen molar-refractivity contribution in [2.45, 2.75) is 23.8 Å². The highest BCUT2D eigenvalue weighted by atomic mass is 32.2. The molecule has 0 saturated heterocycles. The normalized spacial score (nSPS) is 16.8. The van der Waals surface area contributed by atoms with Crippen molar-refractivity contribution in [2.24, 2.45) is 0 Å². The van der Waals surface area contributed by atoms with E-state index in [1.54, 1.807) is 24.3 Å². The lowest BCUT2D eigenvalue weighted by atomic mass is 10.3. The fourth-order valence-electron chi connectivity index (χ4n) is 1.32. The molecule has 1 fully saturated rings. The second-order valence-electron chi connectivity index (χ2n) is 3.90. The Morgan fingerprint density at radius 3 is 2.56 bits per heavy atom. The largest absolute Gasteiger partial charge is 0.399 e. The van der Waals surface area contributed by atoms with E-state index in [1.165, 1.54) is 0 Å². The summed E-state index contributed by atoms with van der Waals surface area (Å²) in [5.41, 5.74) is 6.15. The van der Waals surface area contributed by atoms with Crippen molar-refractivity contribution in [3.63, 3.8) is 0 Å². The highest BCUT2D eigenvalue weighted by Gasteiger charge is 2.23. The van der Waals surface area contributed by atoms with Crippen molar-refractivity contribution in [3.05, 3.63) is 24.3 Å². The quantitative estimate of drug-likeness (QED) is 0.757. The van der Waals surface area contributed by atoms with Crippen molar-refractivity contribution in [1.82, 2.24) is 5.32 Å². The third-order valence-electron chi connectivity index (χ3n) is 2.35. The first-order chi connectivity index (χ1) is 7.65. The van der Waals surface area contributed by atoms with Crippen molar-refractivity contribution in [2.75, 3.05) is 11.5 Å². The Morgan fingerprint density at radius 1 is 1.38 bits per heavy atom. The van der Waals surface area contributed by atoms with Crippen molar-refractivity contribution < 1.29 is 9.00 Å². The maximum Gasteiger partial charge on any atom is 0.233 e. The molecule has 0 heterocycles. The molecule has 0 spiro atoms. The zero-order valence-corrected chi connectivity index (χ0v) is 9.63. The van der Waals surface area contributed by atoms with Crippen LogP contribution in [0, 0.1) is 0 Å². The van der Waals surface area contributed by atoms with Crippen molar-refractivity contribution in [1.29, 1.82) is 0 Å². The predicted molar refractivity (Wildman–Crippen MR) is 63.3 cm³/mol. The molecule has 3 N–H and O–H groups in total. The van der Waals surface area contributed by atoms with E-state index in [0.717, 1.165) is 12.8 Å². The minimum absolute atomic E-state index is 0.0282. The number of rotatable bonds is 4. The molecular weight excluding hydrogens is 224 g/mol. The van der Waals surface area contributed by atoms with Gasteiger partial charge >= 0.3 is 0 Å². The van der Waals surface area contributed by atoms with Crippen LogP contribution in [-0.4, -0.2) is 21.9 Å². The minimum Gasteiger partial charge on any atom is -0.399 e. The first-order valence-corrected chi connectivity index (χ1v) is 6.50. The van der Waals surface area contributed by atoms with Gasteiger partial charge in [-0.25, -0.2) is 0 Å². The lowest BCUT2D eigenvalue weighted by Gasteiger charge is -2.03. The molecule has 16 heavy (non-hydrogen) atoms. The Balaban J connectivity index is 1.91. The van der Waals surface area contributed by atoms with Crippen LogP contribution in [0.4, 0.5) is 5.69 Å². The summed E-state index contributed by atoms with van der Waals surface area (Å²) in [5.74, 6) is -0.113. The van der Waals surface area contributed by atoms with Crippen LogP contribution < -0.4 is 11.1 Å². The summed E-state index contributed by atoms with van der Waals surface area (Å²) in [7, 11) is -1.28. The van der Waals surface area contributed by atoms with Crippen molar-refractivity contribution >= 4 is 22.4 Å². The van der Waals surface area contributed by atoms with Gasteiger partial charge in [0.15, 0.2) is 0 Å². The molecule has 1 aliphatic rings. The summed E-state index contributed by atoms with van der Waals surface area (Å²) in [6.07, 6.45) is 2.08. The Hall–Kier alpha value is -1.36. The molecule has 86 valence electrons. The van der Waals surface area contributed by atoms with Gasteiger partial charge in [0.25, 0.3) is 0 Å². The molecule has 1 amide bonds. The molecule has 1 aromatic rings. The predicted octanol–water partition coefficient (Wildman–Crippen LogP) is 0.655. The van der Waals surface area contributed by atoms with Gasteiger partial charge in [-0.05, 0) is 37.1 Å². The van der Waals surface area contributed by atoms with Gasteiger partial charge in [-0.3, -0.25) is 9.00 Å². The molecule has 2 rings (SSSR count). The van der Waals surface area contributed by atoms with Crippen LogP contribution in [-0.2, 0) is 15.6 Å². The Bertz CT molecular complexity index is 412. The summed E-state index contributed by atoms with van der Waals surface area (Å²) >= 11 is 0. The molecule has 1 saturated carbocycles. The van der Waals surface area contributed by atoms with Gasteiger partial charge < -0.3 is 11.1 Å². The second kappa shape index (κ2) is 4.65. The lowest BCUT2D eigenvalue weighted by molar-refractivity contribution is -0.118. The maximum absolute atomic E-state index is 11.8.